The maximum atomic E-state index is 4.71. The van der Waals surface area contributed by atoms with E-state index in [1.165, 1.54) is 12.8 Å². The number of rotatable bonds is 7. The van der Waals surface area contributed by atoms with E-state index in [9.17, 15) is 0 Å². The Balaban J connectivity index is 0.00000242. The van der Waals surface area contributed by atoms with Crippen LogP contribution in [-0.2, 0) is 20.4 Å². The number of aliphatic imine (C=N–C) groups is 2. The quantitative estimate of drug-likeness (QED) is 0.330. The molecule has 0 aliphatic carbocycles. The zero-order valence-electron chi connectivity index (χ0n) is 12.9. The zero-order valence-corrected chi connectivity index (χ0v) is 14.4. The third-order valence-electron chi connectivity index (χ3n) is 3.18. The molecule has 0 saturated heterocycles. The van der Waals surface area contributed by atoms with Gasteiger partial charge in [0.1, 0.15) is 0 Å². The molecular formula is C19H22N2Pd. The fraction of sp³-hybridized carbons (Fsp3) is 0.263. The Morgan fingerprint density at radius 2 is 1.45 bits per heavy atom. The van der Waals surface area contributed by atoms with Crippen molar-refractivity contribution in [3.8, 4) is 0 Å². The standard InChI is InChI=1S/C19H22N2.Pd/c1-2-3-6-15-19(21-18-13-9-5-10-14-18)16-20-17-11-7-4-8-12-17;/h4-5,7-14,16H,2-3,6,15H2,1H3;. The van der Waals surface area contributed by atoms with Gasteiger partial charge in [0.05, 0.1) is 17.1 Å². The molecular weight excluding hydrogens is 363 g/mol. The molecule has 0 aromatic heterocycles. The van der Waals surface area contributed by atoms with Crippen LogP contribution in [0.15, 0.2) is 70.6 Å². The molecule has 0 aliphatic rings. The fourth-order valence-electron chi connectivity index (χ4n) is 2.04. The van der Waals surface area contributed by atoms with Crippen molar-refractivity contribution in [1.29, 1.82) is 0 Å². The number of unbranched alkanes of at least 4 members (excludes halogenated alkanes) is 2. The Morgan fingerprint density at radius 3 is 2.05 bits per heavy atom. The fourth-order valence-corrected chi connectivity index (χ4v) is 2.04. The SMILES string of the molecule is CCCCCC(C=Nc1ccccc1)=Nc1ccccc1.[Pd]. The van der Waals surface area contributed by atoms with Crippen LogP contribution in [0.1, 0.15) is 32.6 Å². The van der Waals surface area contributed by atoms with Gasteiger partial charge in [-0.1, -0.05) is 56.2 Å². The summed E-state index contributed by atoms with van der Waals surface area (Å²) in [5.74, 6) is 0. The Morgan fingerprint density at radius 1 is 0.864 bits per heavy atom. The average Bonchev–Trinajstić information content (AvgIpc) is 2.54. The predicted octanol–water partition coefficient (Wildman–Crippen LogP) is 5.74. The number of hydrogen-bond donors (Lipinski definition) is 0. The first-order chi connectivity index (χ1) is 10.4. The van der Waals surface area contributed by atoms with E-state index in [4.69, 9.17) is 4.99 Å². The van der Waals surface area contributed by atoms with Crippen LogP contribution < -0.4 is 0 Å². The van der Waals surface area contributed by atoms with E-state index >= 15 is 0 Å². The van der Waals surface area contributed by atoms with E-state index < -0.39 is 0 Å². The van der Waals surface area contributed by atoms with Crippen LogP contribution in [0.2, 0.25) is 0 Å². The molecule has 2 rings (SSSR count). The van der Waals surface area contributed by atoms with Gasteiger partial charge in [-0.15, -0.1) is 0 Å². The summed E-state index contributed by atoms with van der Waals surface area (Å²) in [7, 11) is 0. The van der Waals surface area contributed by atoms with E-state index in [1.807, 2.05) is 66.9 Å². The molecule has 0 amide bonds. The van der Waals surface area contributed by atoms with Crippen LogP contribution in [0.5, 0.6) is 0 Å². The normalized spacial score (nSPS) is 11.4. The van der Waals surface area contributed by atoms with Crippen molar-refractivity contribution >= 4 is 23.3 Å². The van der Waals surface area contributed by atoms with Gasteiger partial charge in [0, 0.05) is 26.6 Å². The Hall–Kier alpha value is -1.56. The Kier molecular flexibility index (Phi) is 9.30. The molecule has 0 saturated carbocycles. The minimum atomic E-state index is 0. The van der Waals surface area contributed by atoms with Crippen molar-refractivity contribution in [2.45, 2.75) is 32.6 Å². The van der Waals surface area contributed by atoms with Gasteiger partial charge < -0.3 is 0 Å². The predicted molar refractivity (Wildman–Crippen MR) is 92.3 cm³/mol. The maximum absolute atomic E-state index is 4.71. The molecule has 0 aliphatic heterocycles. The molecule has 2 nitrogen and oxygen atoms in total. The van der Waals surface area contributed by atoms with Gasteiger partial charge in [-0.05, 0) is 37.1 Å². The Labute approximate surface area is 147 Å². The first-order valence-corrected chi connectivity index (χ1v) is 7.60. The second-order valence-corrected chi connectivity index (χ2v) is 4.99. The van der Waals surface area contributed by atoms with E-state index in [1.54, 1.807) is 0 Å². The number of nitrogens with zero attached hydrogens (tertiary/aromatic N) is 2. The minimum Gasteiger partial charge on any atom is -0.255 e. The summed E-state index contributed by atoms with van der Waals surface area (Å²) in [6.45, 7) is 2.21. The second-order valence-electron chi connectivity index (χ2n) is 4.99. The van der Waals surface area contributed by atoms with Gasteiger partial charge in [0.15, 0.2) is 0 Å². The van der Waals surface area contributed by atoms with Gasteiger partial charge in [0.2, 0.25) is 0 Å². The van der Waals surface area contributed by atoms with Gasteiger partial charge >= 0.3 is 0 Å². The summed E-state index contributed by atoms with van der Waals surface area (Å²) in [6.07, 6.45) is 6.47. The van der Waals surface area contributed by atoms with Gasteiger partial charge in [0.25, 0.3) is 0 Å². The maximum Gasteiger partial charge on any atom is 0.0633 e. The molecule has 22 heavy (non-hydrogen) atoms. The first kappa shape index (κ1) is 18.5. The summed E-state index contributed by atoms with van der Waals surface area (Å²) >= 11 is 0. The van der Waals surface area contributed by atoms with Gasteiger partial charge in [-0.25, -0.2) is 0 Å². The number of hydrogen-bond acceptors (Lipinski definition) is 2. The molecule has 3 heteroatoms. The molecule has 0 bridgehead atoms. The largest absolute Gasteiger partial charge is 0.255 e. The summed E-state index contributed by atoms with van der Waals surface area (Å²) < 4.78 is 0. The second kappa shape index (κ2) is 11.1. The molecule has 0 atom stereocenters. The van der Waals surface area contributed by atoms with Gasteiger partial charge in [-0.2, -0.15) is 0 Å². The summed E-state index contributed by atoms with van der Waals surface area (Å²) in [6, 6.07) is 20.1. The van der Waals surface area contributed by atoms with Crippen LogP contribution in [0, 0.1) is 0 Å². The van der Waals surface area contributed by atoms with E-state index in [0.29, 0.717) is 0 Å². The van der Waals surface area contributed by atoms with Crippen LogP contribution in [0.25, 0.3) is 0 Å². The van der Waals surface area contributed by atoms with Crippen LogP contribution in [-0.4, -0.2) is 11.9 Å². The molecule has 2 aromatic carbocycles. The molecule has 0 radical (unpaired) electrons. The van der Waals surface area contributed by atoms with Crippen molar-refractivity contribution in [3.05, 3.63) is 60.7 Å². The average molecular weight is 385 g/mol. The van der Waals surface area contributed by atoms with E-state index in [-0.39, 0.29) is 20.4 Å². The Bertz CT molecular complexity index is 577. The van der Waals surface area contributed by atoms with Crippen molar-refractivity contribution in [2.24, 2.45) is 9.98 Å². The van der Waals surface area contributed by atoms with Crippen LogP contribution >= 0.6 is 0 Å². The molecule has 0 heterocycles. The molecule has 2 aromatic rings. The van der Waals surface area contributed by atoms with Crippen molar-refractivity contribution in [2.75, 3.05) is 0 Å². The summed E-state index contributed by atoms with van der Waals surface area (Å²) in [5.41, 5.74) is 3.00. The van der Waals surface area contributed by atoms with Crippen molar-refractivity contribution in [1.82, 2.24) is 0 Å². The monoisotopic (exact) mass is 384 g/mol. The number of para-hydroxylation sites is 2. The molecule has 0 fully saturated rings. The summed E-state index contributed by atoms with van der Waals surface area (Å²) in [5, 5.41) is 0. The third-order valence-corrected chi connectivity index (χ3v) is 3.18. The van der Waals surface area contributed by atoms with Crippen molar-refractivity contribution < 1.29 is 20.4 Å². The van der Waals surface area contributed by atoms with Gasteiger partial charge in [-0.3, -0.25) is 9.98 Å². The van der Waals surface area contributed by atoms with E-state index in [2.05, 4.69) is 11.9 Å². The van der Waals surface area contributed by atoms with Crippen LogP contribution in [0.3, 0.4) is 0 Å². The first-order valence-electron chi connectivity index (χ1n) is 7.60. The molecule has 0 unspecified atom stereocenters. The molecule has 0 N–H and O–H groups in total. The van der Waals surface area contributed by atoms with Crippen molar-refractivity contribution in [3.63, 3.8) is 0 Å². The third kappa shape index (κ3) is 6.94. The molecule has 0 spiro atoms. The topological polar surface area (TPSA) is 24.7 Å². The minimum absolute atomic E-state index is 0. The molecule has 118 valence electrons. The summed E-state index contributed by atoms with van der Waals surface area (Å²) in [4.78, 5) is 9.24. The zero-order chi connectivity index (χ0) is 14.8. The smallest absolute Gasteiger partial charge is 0.0633 e. The van der Waals surface area contributed by atoms with E-state index in [0.717, 1.165) is 29.9 Å². The number of benzene rings is 2. The van der Waals surface area contributed by atoms with Crippen LogP contribution in [0.4, 0.5) is 11.4 Å².